The molecule has 3 aromatic rings. The zero-order valence-corrected chi connectivity index (χ0v) is 16.2. The molecule has 1 aromatic heterocycles. The second-order valence-electron chi connectivity index (χ2n) is 6.66. The number of aliphatic hydroxyl groups excluding tert-OH is 1. The van der Waals surface area contributed by atoms with Crippen LogP contribution in [-0.2, 0) is 4.79 Å². The van der Waals surface area contributed by atoms with E-state index in [1.165, 1.54) is 23.1 Å². The van der Waals surface area contributed by atoms with Crippen molar-refractivity contribution in [3.63, 3.8) is 0 Å². The Bertz CT molecular complexity index is 1170. The highest BCUT2D eigenvalue weighted by Gasteiger charge is 2.14. The van der Waals surface area contributed by atoms with Crippen molar-refractivity contribution in [2.45, 2.75) is 12.5 Å². The van der Waals surface area contributed by atoms with Crippen LogP contribution in [0.15, 0.2) is 42.5 Å². The number of amides is 2. The van der Waals surface area contributed by atoms with E-state index in [2.05, 4.69) is 21.8 Å². The van der Waals surface area contributed by atoms with Crippen LogP contribution < -0.4 is 5.73 Å². The molecule has 1 unspecified atom stereocenters. The maximum absolute atomic E-state index is 13.6. The third kappa shape index (κ3) is 4.96. The lowest BCUT2D eigenvalue weighted by Crippen LogP contribution is -2.21. The molecule has 1 atom stereocenters. The van der Waals surface area contributed by atoms with Crippen LogP contribution in [0.3, 0.4) is 0 Å². The first kappa shape index (κ1) is 20.9. The Balaban J connectivity index is 1.93. The largest absolute Gasteiger partial charge is 0.380 e. The number of nitrogens with zero attached hydrogens (tertiary/aromatic N) is 3. The van der Waals surface area contributed by atoms with Gasteiger partial charge in [0.1, 0.15) is 17.6 Å². The highest BCUT2D eigenvalue weighted by molar-refractivity contribution is 6.04. The number of benzene rings is 2. The lowest BCUT2D eigenvalue weighted by atomic mass is 10.1. The van der Waals surface area contributed by atoms with Gasteiger partial charge in [0.05, 0.1) is 5.52 Å². The predicted octanol–water partition coefficient (Wildman–Crippen LogP) is 1.73. The van der Waals surface area contributed by atoms with E-state index in [0.29, 0.717) is 35.9 Å². The quantitative estimate of drug-likeness (QED) is 0.479. The smallest absolute Gasteiger partial charge is 0.268 e. The molecule has 0 saturated heterocycles. The summed E-state index contributed by atoms with van der Waals surface area (Å²) in [4.78, 5) is 32.4. The molecule has 7 nitrogen and oxygen atoms in total. The standard InChI is InChI=1S/C22H19FN4O3/c1-27(13-28)10-9-17(29)7-5-14-3-2-4-15(11-14)22-25-19-12-16(23)6-8-18(19)20(26-22)21(24)30/h2-4,6,8,11-13,17,29H,9-10H2,1H3,(H2,24,30). The first-order valence-corrected chi connectivity index (χ1v) is 9.10. The molecule has 0 fully saturated rings. The number of carbonyl (C=O) groups is 2. The van der Waals surface area contributed by atoms with E-state index in [4.69, 9.17) is 5.73 Å². The molecule has 30 heavy (non-hydrogen) atoms. The molecule has 2 aromatic carbocycles. The molecule has 0 aliphatic heterocycles. The third-order valence-corrected chi connectivity index (χ3v) is 4.33. The molecule has 0 radical (unpaired) electrons. The zero-order chi connectivity index (χ0) is 21.7. The molecular formula is C22H19FN4O3. The number of aliphatic hydroxyl groups is 1. The second-order valence-corrected chi connectivity index (χ2v) is 6.66. The Morgan fingerprint density at radius 1 is 1.30 bits per heavy atom. The monoisotopic (exact) mass is 406 g/mol. The van der Waals surface area contributed by atoms with Crippen LogP contribution in [0.4, 0.5) is 4.39 Å². The van der Waals surface area contributed by atoms with E-state index >= 15 is 0 Å². The van der Waals surface area contributed by atoms with E-state index in [1.807, 2.05) is 0 Å². The molecule has 3 N–H and O–H groups in total. The zero-order valence-electron chi connectivity index (χ0n) is 16.2. The van der Waals surface area contributed by atoms with Crippen LogP contribution in [0.25, 0.3) is 22.3 Å². The molecule has 0 aliphatic rings. The van der Waals surface area contributed by atoms with Crippen LogP contribution in [0.1, 0.15) is 22.5 Å². The number of hydrogen-bond acceptors (Lipinski definition) is 5. The average Bonchev–Trinajstić information content (AvgIpc) is 2.75. The number of aromatic nitrogens is 2. The Hall–Kier alpha value is -3.83. The van der Waals surface area contributed by atoms with Gasteiger partial charge in [-0.05, 0) is 24.3 Å². The summed E-state index contributed by atoms with van der Waals surface area (Å²) in [6.07, 6.45) is 0.111. The van der Waals surface area contributed by atoms with E-state index in [0.717, 1.165) is 0 Å². The van der Waals surface area contributed by atoms with E-state index in [9.17, 15) is 19.1 Å². The SMILES string of the molecule is CN(C=O)CCC(O)C#Cc1cccc(-c2nc(C(N)=O)c3ccc(F)cc3n2)c1. The maximum atomic E-state index is 13.6. The predicted molar refractivity (Wildman–Crippen MR) is 110 cm³/mol. The number of carbonyl (C=O) groups excluding carboxylic acids is 2. The molecule has 1 heterocycles. The fourth-order valence-electron chi connectivity index (χ4n) is 2.77. The van der Waals surface area contributed by atoms with Gasteiger partial charge in [-0.1, -0.05) is 24.0 Å². The molecule has 2 amide bonds. The summed E-state index contributed by atoms with van der Waals surface area (Å²) in [5.74, 6) is 4.56. The summed E-state index contributed by atoms with van der Waals surface area (Å²) in [6.45, 7) is 0.386. The van der Waals surface area contributed by atoms with Gasteiger partial charge < -0.3 is 15.7 Å². The number of nitrogens with two attached hydrogens (primary N) is 1. The van der Waals surface area contributed by atoms with E-state index in [-0.39, 0.29) is 17.0 Å². The Labute approximate surface area is 172 Å². The summed E-state index contributed by atoms with van der Waals surface area (Å²) in [6, 6.07) is 10.7. The molecule has 8 heteroatoms. The summed E-state index contributed by atoms with van der Waals surface area (Å²) in [5.41, 5.74) is 6.86. The van der Waals surface area contributed by atoms with Crippen molar-refractivity contribution < 1.29 is 19.1 Å². The van der Waals surface area contributed by atoms with Crippen molar-refractivity contribution in [3.8, 4) is 23.2 Å². The van der Waals surface area contributed by atoms with Crippen molar-refractivity contribution >= 4 is 23.2 Å². The van der Waals surface area contributed by atoms with E-state index in [1.54, 1.807) is 31.3 Å². The average molecular weight is 406 g/mol. The lowest BCUT2D eigenvalue weighted by Gasteiger charge is -2.10. The van der Waals surface area contributed by atoms with Gasteiger partial charge in [0, 0.05) is 42.6 Å². The van der Waals surface area contributed by atoms with Gasteiger partial charge >= 0.3 is 0 Å². The normalized spacial score (nSPS) is 11.4. The maximum Gasteiger partial charge on any atom is 0.268 e. The minimum Gasteiger partial charge on any atom is -0.380 e. The number of halogens is 1. The summed E-state index contributed by atoms with van der Waals surface area (Å²) in [7, 11) is 1.62. The second kappa shape index (κ2) is 9.11. The fourth-order valence-corrected chi connectivity index (χ4v) is 2.77. The van der Waals surface area contributed by atoms with Gasteiger partial charge in [-0.2, -0.15) is 0 Å². The van der Waals surface area contributed by atoms with Crippen molar-refractivity contribution in [2.75, 3.05) is 13.6 Å². The van der Waals surface area contributed by atoms with Gasteiger partial charge in [-0.3, -0.25) is 9.59 Å². The highest BCUT2D eigenvalue weighted by Crippen LogP contribution is 2.23. The Morgan fingerprint density at radius 3 is 2.83 bits per heavy atom. The fraction of sp³-hybridized carbons (Fsp3) is 0.182. The molecule has 0 saturated carbocycles. The van der Waals surface area contributed by atoms with Crippen LogP contribution in [0.2, 0.25) is 0 Å². The summed E-state index contributed by atoms with van der Waals surface area (Å²) in [5, 5.41) is 10.3. The summed E-state index contributed by atoms with van der Waals surface area (Å²) < 4.78 is 13.6. The van der Waals surface area contributed by atoms with Crippen molar-refractivity contribution in [3.05, 3.63) is 59.5 Å². The van der Waals surface area contributed by atoms with Crippen LogP contribution in [0, 0.1) is 17.7 Å². The molecule has 3 rings (SSSR count). The van der Waals surface area contributed by atoms with Crippen LogP contribution in [0.5, 0.6) is 0 Å². The molecule has 0 bridgehead atoms. The molecule has 0 aliphatic carbocycles. The van der Waals surface area contributed by atoms with Crippen LogP contribution in [-0.4, -0.2) is 52.0 Å². The summed E-state index contributed by atoms with van der Waals surface area (Å²) >= 11 is 0. The van der Waals surface area contributed by atoms with E-state index < -0.39 is 17.8 Å². The number of primary amides is 1. The first-order chi connectivity index (χ1) is 14.4. The van der Waals surface area contributed by atoms with Gasteiger partial charge in [0.2, 0.25) is 6.41 Å². The minimum atomic E-state index is -0.891. The minimum absolute atomic E-state index is 0.00112. The Morgan fingerprint density at radius 2 is 2.10 bits per heavy atom. The number of hydrogen-bond donors (Lipinski definition) is 2. The topological polar surface area (TPSA) is 109 Å². The van der Waals surface area contributed by atoms with Gasteiger partial charge in [0.25, 0.3) is 5.91 Å². The van der Waals surface area contributed by atoms with Crippen molar-refractivity contribution in [1.82, 2.24) is 14.9 Å². The Kier molecular flexibility index (Phi) is 6.35. The van der Waals surface area contributed by atoms with Gasteiger partial charge in [0.15, 0.2) is 5.82 Å². The lowest BCUT2D eigenvalue weighted by molar-refractivity contribution is -0.117. The third-order valence-electron chi connectivity index (χ3n) is 4.33. The van der Waals surface area contributed by atoms with Crippen molar-refractivity contribution in [1.29, 1.82) is 0 Å². The highest BCUT2D eigenvalue weighted by atomic mass is 19.1. The number of fused-ring (bicyclic) bond motifs is 1. The molecule has 0 spiro atoms. The van der Waals surface area contributed by atoms with Gasteiger partial charge in [-0.25, -0.2) is 14.4 Å². The number of rotatable bonds is 6. The molecular weight excluding hydrogens is 387 g/mol. The van der Waals surface area contributed by atoms with Gasteiger partial charge in [-0.15, -0.1) is 0 Å². The first-order valence-electron chi connectivity index (χ1n) is 9.10. The van der Waals surface area contributed by atoms with Crippen LogP contribution >= 0.6 is 0 Å². The molecule has 152 valence electrons. The van der Waals surface area contributed by atoms with Crippen molar-refractivity contribution in [2.24, 2.45) is 5.73 Å².